The SMILES string of the molecule is COc1cccc(Nc2nc(N)nc(CN3C[C@H](C)C[C@@H](C)C3)n2)c1. The van der Waals surface area contributed by atoms with E-state index < -0.39 is 0 Å². The van der Waals surface area contributed by atoms with Gasteiger partial charge in [-0.1, -0.05) is 19.9 Å². The number of hydrogen-bond donors (Lipinski definition) is 2. The monoisotopic (exact) mass is 342 g/mol. The minimum Gasteiger partial charge on any atom is -0.497 e. The minimum absolute atomic E-state index is 0.230. The number of ether oxygens (including phenoxy) is 1. The molecule has 0 unspecified atom stereocenters. The first-order valence-electron chi connectivity index (χ1n) is 8.65. The summed E-state index contributed by atoms with van der Waals surface area (Å²) in [6, 6.07) is 7.60. The lowest BCUT2D eigenvalue weighted by molar-refractivity contribution is 0.131. The molecule has 7 heteroatoms. The Morgan fingerprint density at radius 2 is 1.96 bits per heavy atom. The maximum atomic E-state index is 5.88. The number of nitrogen functional groups attached to an aromatic ring is 1. The third-order valence-electron chi connectivity index (χ3n) is 4.33. The highest BCUT2D eigenvalue weighted by Gasteiger charge is 2.22. The summed E-state index contributed by atoms with van der Waals surface area (Å²) in [4.78, 5) is 15.4. The van der Waals surface area contributed by atoms with Crippen LogP contribution in [0.5, 0.6) is 5.75 Å². The van der Waals surface area contributed by atoms with Crippen LogP contribution in [-0.4, -0.2) is 40.1 Å². The van der Waals surface area contributed by atoms with Gasteiger partial charge in [-0.15, -0.1) is 0 Å². The molecular formula is C18H26N6O. The molecule has 1 aromatic carbocycles. The summed E-state index contributed by atoms with van der Waals surface area (Å²) in [5.74, 6) is 3.53. The number of benzene rings is 1. The lowest BCUT2D eigenvalue weighted by Gasteiger charge is -2.34. The number of aromatic nitrogens is 3. The predicted octanol–water partition coefficient (Wildman–Crippen LogP) is 2.68. The minimum atomic E-state index is 0.230. The van der Waals surface area contributed by atoms with Gasteiger partial charge in [-0.25, -0.2) is 0 Å². The number of likely N-dealkylation sites (tertiary alicyclic amines) is 1. The van der Waals surface area contributed by atoms with E-state index in [-0.39, 0.29) is 5.95 Å². The van der Waals surface area contributed by atoms with Gasteiger partial charge in [0.15, 0.2) is 0 Å². The van der Waals surface area contributed by atoms with Crippen molar-refractivity contribution < 1.29 is 4.74 Å². The van der Waals surface area contributed by atoms with Crippen LogP contribution in [0.15, 0.2) is 24.3 Å². The number of nitrogens with zero attached hydrogens (tertiary/aromatic N) is 4. The fourth-order valence-electron chi connectivity index (χ4n) is 3.52. The van der Waals surface area contributed by atoms with E-state index in [0.29, 0.717) is 30.2 Å². The Labute approximate surface area is 148 Å². The number of rotatable bonds is 5. The van der Waals surface area contributed by atoms with Crippen molar-refractivity contribution >= 4 is 17.6 Å². The average molecular weight is 342 g/mol. The Bertz CT molecular complexity index is 712. The van der Waals surface area contributed by atoms with Gasteiger partial charge in [-0.2, -0.15) is 15.0 Å². The van der Waals surface area contributed by atoms with Crippen LogP contribution in [-0.2, 0) is 6.54 Å². The standard InChI is InChI=1S/C18H26N6O/c1-12-7-13(2)10-24(9-12)11-16-21-17(19)23-18(22-16)20-14-5-4-6-15(8-14)25-3/h4-6,8,12-13H,7,9-11H2,1-3H3,(H3,19,20,21,22,23)/t12-,13-/m1/s1. The first-order valence-corrected chi connectivity index (χ1v) is 8.65. The molecule has 2 atom stereocenters. The number of nitrogens with one attached hydrogen (secondary N) is 1. The first-order chi connectivity index (χ1) is 12.0. The zero-order chi connectivity index (χ0) is 17.8. The van der Waals surface area contributed by atoms with Crippen molar-refractivity contribution in [2.24, 2.45) is 11.8 Å². The van der Waals surface area contributed by atoms with Crippen LogP contribution in [0.4, 0.5) is 17.6 Å². The molecule has 3 N–H and O–H groups in total. The van der Waals surface area contributed by atoms with Crippen molar-refractivity contribution in [1.29, 1.82) is 0 Å². The molecule has 2 aromatic rings. The third kappa shape index (κ3) is 4.79. The van der Waals surface area contributed by atoms with Crippen LogP contribution in [0.2, 0.25) is 0 Å². The molecule has 2 heterocycles. The maximum absolute atomic E-state index is 5.88. The van der Waals surface area contributed by atoms with Gasteiger partial charge in [0.2, 0.25) is 11.9 Å². The molecule has 1 aliphatic rings. The number of anilines is 3. The van der Waals surface area contributed by atoms with Gasteiger partial charge in [0.05, 0.1) is 13.7 Å². The van der Waals surface area contributed by atoms with E-state index >= 15 is 0 Å². The van der Waals surface area contributed by atoms with Crippen molar-refractivity contribution in [1.82, 2.24) is 19.9 Å². The Balaban J connectivity index is 1.73. The van der Waals surface area contributed by atoms with Crippen LogP contribution in [0.25, 0.3) is 0 Å². The third-order valence-corrected chi connectivity index (χ3v) is 4.33. The van der Waals surface area contributed by atoms with Crippen LogP contribution in [0, 0.1) is 11.8 Å². The number of nitrogens with two attached hydrogens (primary N) is 1. The van der Waals surface area contributed by atoms with Crippen molar-refractivity contribution in [2.45, 2.75) is 26.8 Å². The van der Waals surface area contributed by atoms with E-state index in [9.17, 15) is 0 Å². The molecule has 0 saturated carbocycles. The Morgan fingerprint density at radius 3 is 2.68 bits per heavy atom. The van der Waals surface area contributed by atoms with Crippen molar-refractivity contribution in [3.05, 3.63) is 30.1 Å². The maximum Gasteiger partial charge on any atom is 0.232 e. The van der Waals surface area contributed by atoms with Crippen LogP contribution < -0.4 is 15.8 Å². The van der Waals surface area contributed by atoms with Gasteiger partial charge in [0.1, 0.15) is 11.6 Å². The van der Waals surface area contributed by atoms with E-state index in [0.717, 1.165) is 24.5 Å². The lowest BCUT2D eigenvalue weighted by atomic mass is 9.92. The fraction of sp³-hybridized carbons (Fsp3) is 0.500. The van der Waals surface area contributed by atoms with Gasteiger partial charge in [-0.05, 0) is 30.4 Å². The molecule has 0 bridgehead atoms. The second-order valence-electron chi connectivity index (χ2n) is 6.93. The predicted molar refractivity (Wildman–Crippen MR) is 98.7 cm³/mol. The molecule has 0 spiro atoms. The van der Waals surface area contributed by atoms with Crippen LogP contribution in [0.1, 0.15) is 26.1 Å². The first kappa shape index (κ1) is 17.4. The molecule has 3 rings (SSSR count). The fourth-order valence-corrected chi connectivity index (χ4v) is 3.52. The smallest absolute Gasteiger partial charge is 0.232 e. The van der Waals surface area contributed by atoms with Crippen LogP contribution in [0.3, 0.4) is 0 Å². The summed E-state index contributed by atoms with van der Waals surface area (Å²) >= 11 is 0. The van der Waals surface area contributed by atoms with E-state index in [1.807, 2.05) is 24.3 Å². The average Bonchev–Trinajstić information content (AvgIpc) is 2.53. The number of hydrogen-bond acceptors (Lipinski definition) is 7. The summed E-state index contributed by atoms with van der Waals surface area (Å²) < 4.78 is 5.24. The molecule has 25 heavy (non-hydrogen) atoms. The van der Waals surface area contributed by atoms with E-state index in [2.05, 4.69) is 39.0 Å². The molecule has 0 radical (unpaired) electrons. The van der Waals surface area contributed by atoms with E-state index in [1.165, 1.54) is 6.42 Å². The topological polar surface area (TPSA) is 89.2 Å². The van der Waals surface area contributed by atoms with Crippen molar-refractivity contribution in [2.75, 3.05) is 31.2 Å². The van der Waals surface area contributed by atoms with Gasteiger partial charge >= 0.3 is 0 Å². The quantitative estimate of drug-likeness (QED) is 0.863. The summed E-state index contributed by atoms with van der Waals surface area (Å²) in [6.07, 6.45) is 1.28. The number of methoxy groups -OCH3 is 1. The van der Waals surface area contributed by atoms with E-state index in [4.69, 9.17) is 10.5 Å². The molecule has 0 aliphatic carbocycles. The summed E-state index contributed by atoms with van der Waals surface area (Å²) in [5.41, 5.74) is 6.73. The molecule has 0 amide bonds. The van der Waals surface area contributed by atoms with Crippen molar-refractivity contribution in [3.63, 3.8) is 0 Å². The molecular weight excluding hydrogens is 316 g/mol. The molecule has 7 nitrogen and oxygen atoms in total. The Morgan fingerprint density at radius 1 is 1.20 bits per heavy atom. The summed E-state index contributed by atoms with van der Waals surface area (Å²) in [5, 5.41) is 3.17. The highest BCUT2D eigenvalue weighted by molar-refractivity contribution is 5.56. The van der Waals surface area contributed by atoms with Gasteiger partial charge in [-0.3, -0.25) is 4.90 Å². The Hall–Kier alpha value is -2.41. The normalized spacial score (nSPS) is 21.1. The highest BCUT2D eigenvalue weighted by atomic mass is 16.5. The molecule has 1 aromatic heterocycles. The second kappa shape index (κ2) is 7.65. The van der Waals surface area contributed by atoms with Gasteiger partial charge in [0, 0.05) is 24.8 Å². The second-order valence-corrected chi connectivity index (χ2v) is 6.93. The van der Waals surface area contributed by atoms with E-state index in [1.54, 1.807) is 7.11 Å². The zero-order valence-electron chi connectivity index (χ0n) is 15.1. The van der Waals surface area contributed by atoms with Crippen molar-refractivity contribution in [3.8, 4) is 5.75 Å². The summed E-state index contributed by atoms with van der Waals surface area (Å²) in [6.45, 7) is 7.40. The lowest BCUT2D eigenvalue weighted by Crippen LogP contribution is -2.38. The van der Waals surface area contributed by atoms with Crippen LogP contribution >= 0.6 is 0 Å². The summed E-state index contributed by atoms with van der Waals surface area (Å²) in [7, 11) is 1.64. The van der Waals surface area contributed by atoms with Gasteiger partial charge in [0.25, 0.3) is 0 Å². The van der Waals surface area contributed by atoms with Gasteiger partial charge < -0.3 is 15.8 Å². The largest absolute Gasteiger partial charge is 0.497 e. The molecule has 1 aliphatic heterocycles. The Kier molecular flexibility index (Phi) is 5.33. The zero-order valence-corrected chi connectivity index (χ0v) is 15.1. The highest BCUT2D eigenvalue weighted by Crippen LogP contribution is 2.23. The molecule has 1 fully saturated rings. The molecule has 1 saturated heterocycles. The number of piperidine rings is 1. The molecule has 134 valence electrons.